The van der Waals surface area contributed by atoms with Crippen LogP contribution in [0, 0.1) is 0 Å². The van der Waals surface area contributed by atoms with Crippen LogP contribution in [0.1, 0.15) is 39.2 Å². The summed E-state index contributed by atoms with van der Waals surface area (Å²) < 4.78 is 36.9. The molecule has 2 aromatic carbocycles. The van der Waals surface area contributed by atoms with E-state index in [1.54, 1.807) is 43.3 Å². The van der Waals surface area contributed by atoms with Crippen molar-refractivity contribution in [3.8, 4) is 11.5 Å². The fourth-order valence-corrected chi connectivity index (χ4v) is 5.36. The molecule has 0 radical (unpaired) electrons. The first-order valence-electron chi connectivity index (χ1n) is 11.8. The number of hydrogen-bond donors (Lipinski definition) is 1. The van der Waals surface area contributed by atoms with Gasteiger partial charge < -0.3 is 19.7 Å². The third kappa shape index (κ3) is 7.43. The van der Waals surface area contributed by atoms with E-state index in [4.69, 9.17) is 32.7 Å². The van der Waals surface area contributed by atoms with Gasteiger partial charge in [0, 0.05) is 47.2 Å². The third-order valence-corrected chi connectivity index (χ3v) is 7.69. The van der Waals surface area contributed by atoms with Gasteiger partial charge in [0.25, 0.3) is 0 Å². The number of rotatable bonds is 11. The van der Waals surface area contributed by atoms with Crippen LogP contribution in [0.3, 0.4) is 0 Å². The largest absolute Gasteiger partial charge is 0.454 e. The highest BCUT2D eigenvalue weighted by Crippen LogP contribution is 2.36. The summed E-state index contributed by atoms with van der Waals surface area (Å²) in [5.74, 6) is 0.344. The highest BCUT2D eigenvalue weighted by Gasteiger charge is 2.28. The number of fused-ring (bicyclic) bond motifs is 1. The van der Waals surface area contributed by atoms with Crippen LogP contribution in [-0.2, 0) is 26.2 Å². The molecule has 0 aromatic heterocycles. The first kappa shape index (κ1) is 28.9. The van der Waals surface area contributed by atoms with E-state index >= 15 is 0 Å². The number of nitrogens with one attached hydrogen (secondary N) is 1. The number of ether oxygens (including phenoxy) is 2. The van der Waals surface area contributed by atoms with Crippen molar-refractivity contribution in [2.45, 2.75) is 52.2 Å². The molecule has 0 saturated carbocycles. The first-order valence-corrected chi connectivity index (χ1v) is 14.4. The van der Waals surface area contributed by atoms with Gasteiger partial charge in [-0.3, -0.25) is 13.9 Å². The lowest BCUT2D eigenvalue weighted by molar-refractivity contribution is -0.140. The molecule has 9 nitrogen and oxygen atoms in total. The number of nitrogens with zero attached hydrogens (tertiary/aromatic N) is 2. The minimum Gasteiger partial charge on any atom is -0.454 e. The lowest BCUT2D eigenvalue weighted by atomic mass is 10.1. The van der Waals surface area contributed by atoms with Crippen molar-refractivity contribution in [1.82, 2.24) is 10.2 Å². The Kier molecular flexibility index (Phi) is 9.55. The van der Waals surface area contributed by atoms with Crippen molar-refractivity contribution in [2.24, 2.45) is 0 Å². The summed E-state index contributed by atoms with van der Waals surface area (Å²) in [5.41, 5.74) is 0.935. The summed E-state index contributed by atoms with van der Waals surface area (Å²) in [6, 6.07) is 8.98. The second-order valence-corrected chi connectivity index (χ2v) is 11.8. The van der Waals surface area contributed by atoms with E-state index in [1.807, 2.05) is 13.8 Å². The van der Waals surface area contributed by atoms with Crippen LogP contribution >= 0.6 is 23.2 Å². The van der Waals surface area contributed by atoms with Crippen molar-refractivity contribution in [3.05, 3.63) is 52.0 Å². The molecule has 37 heavy (non-hydrogen) atoms. The molecule has 0 bridgehead atoms. The van der Waals surface area contributed by atoms with Gasteiger partial charge in [0.1, 0.15) is 6.04 Å². The van der Waals surface area contributed by atoms with E-state index in [2.05, 4.69) is 5.32 Å². The molecule has 202 valence electrons. The van der Waals surface area contributed by atoms with Gasteiger partial charge in [0.05, 0.1) is 11.9 Å². The standard InChI is InChI=1S/C25H31Cl2N3O6S/c1-16(2)28-25(32)17(3)29(14-19-20(26)7-5-8-21(19)27)24(31)9-6-12-30(37(4,33)34)18-10-11-22-23(13-18)36-15-35-22/h5,7-8,10-11,13,16-17H,6,9,12,14-15H2,1-4H3,(H,28,32)/t17-/m1/s1. The van der Waals surface area contributed by atoms with E-state index < -0.39 is 16.1 Å². The fraction of sp³-hybridized carbons (Fsp3) is 0.440. The van der Waals surface area contributed by atoms with Gasteiger partial charge in [-0.15, -0.1) is 0 Å². The number of halogens is 2. The Hall–Kier alpha value is -2.69. The third-order valence-electron chi connectivity index (χ3n) is 5.78. The number of amides is 2. The van der Waals surface area contributed by atoms with Crippen molar-refractivity contribution in [1.29, 1.82) is 0 Å². The molecule has 1 aliphatic rings. The maximum atomic E-state index is 13.4. The van der Waals surface area contributed by atoms with Gasteiger partial charge in [0.2, 0.25) is 28.6 Å². The number of sulfonamides is 1. The Morgan fingerprint density at radius 2 is 1.70 bits per heavy atom. The predicted octanol–water partition coefficient (Wildman–Crippen LogP) is 4.21. The smallest absolute Gasteiger partial charge is 0.242 e. The van der Waals surface area contributed by atoms with E-state index in [0.717, 1.165) is 6.26 Å². The maximum absolute atomic E-state index is 13.4. The van der Waals surface area contributed by atoms with Crippen LogP contribution in [0.15, 0.2) is 36.4 Å². The lowest BCUT2D eigenvalue weighted by Crippen LogP contribution is -2.49. The van der Waals surface area contributed by atoms with Crippen molar-refractivity contribution in [2.75, 3.05) is 23.9 Å². The molecular formula is C25H31Cl2N3O6S. The number of benzene rings is 2. The van der Waals surface area contributed by atoms with Gasteiger partial charge in [-0.05, 0) is 51.5 Å². The molecule has 0 fully saturated rings. The van der Waals surface area contributed by atoms with Gasteiger partial charge in [-0.2, -0.15) is 0 Å². The lowest BCUT2D eigenvalue weighted by Gasteiger charge is -2.30. The number of anilines is 1. The molecule has 0 unspecified atom stereocenters. The normalized spacial score (nSPS) is 13.4. The minimum atomic E-state index is -3.64. The Labute approximate surface area is 227 Å². The Balaban J connectivity index is 1.77. The number of hydrogen-bond acceptors (Lipinski definition) is 6. The zero-order valence-corrected chi connectivity index (χ0v) is 23.5. The zero-order chi connectivity index (χ0) is 27.3. The van der Waals surface area contributed by atoms with E-state index in [1.165, 1.54) is 9.21 Å². The van der Waals surface area contributed by atoms with Crippen molar-refractivity contribution < 1.29 is 27.5 Å². The van der Waals surface area contributed by atoms with Gasteiger partial charge >= 0.3 is 0 Å². The average Bonchev–Trinajstić information content (AvgIpc) is 3.28. The summed E-state index contributed by atoms with van der Waals surface area (Å²) in [6.45, 7) is 5.45. The first-order chi connectivity index (χ1) is 17.4. The van der Waals surface area contributed by atoms with Crippen LogP contribution in [0.25, 0.3) is 0 Å². The average molecular weight is 573 g/mol. The monoisotopic (exact) mass is 571 g/mol. The predicted molar refractivity (Wildman–Crippen MR) is 144 cm³/mol. The highest BCUT2D eigenvalue weighted by atomic mass is 35.5. The van der Waals surface area contributed by atoms with Gasteiger partial charge in [-0.1, -0.05) is 29.3 Å². The molecule has 1 heterocycles. The number of carbonyl (C=O) groups is 2. The summed E-state index contributed by atoms with van der Waals surface area (Å²) in [5, 5.41) is 3.59. The van der Waals surface area contributed by atoms with E-state index in [9.17, 15) is 18.0 Å². The summed E-state index contributed by atoms with van der Waals surface area (Å²) in [4.78, 5) is 27.6. The SMILES string of the molecule is CC(C)NC(=O)[C@@H](C)N(Cc1c(Cl)cccc1Cl)C(=O)CCCN(c1ccc2c(c1)OCO2)S(C)(=O)=O. The number of carbonyl (C=O) groups excluding carboxylic acids is 2. The fourth-order valence-electron chi connectivity index (χ4n) is 3.89. The van der Waals surface area contributed by atoms with Crippen LogP contribution in [-0.4, -0.2) is 56.8 Å². The van der Waals surface area contributed by atoms with Crippen LogP contribution < -0.4 is 19.1 Å². The molecule has 12 heteroatoms. The quantitative estimate of drug-likeness (QED) is 0.433. The molecule has 0 aliphatic carbocycles. The topological polar surface area (TPSA) is 105 Å². The highest BCUT2D eigenvalue weighted by molar-refractivity contribution is 7.92. The molecule has 1 aliphatic heterocycles. The Bertz CT molecular complexity index is 1230. The van der Waals surface area contributed by atoms with Gasteiger partial charge in [-0.25, -0.2) is 8.42 Å². The zero-order valence-electron chi connectivity index (χ0n) is 21.2. The molecule has 2 amide bonds. The molecule has 1 atom stereocenters. The molecule has 3 rings (SSSR count). The van der Waals surface area contributed by atoms with Crippen molar-refractivity contribution in [3.63, 3.8) is 0 Å². The molecule has 0 spiro atoms. The van der Waals surface area contributed by atoms with E-state index in [0.29, 0.717) is 32.8 Å². The van der Waals surface area contributed by atoms with Crippen molar-refractivity contribution >= 4 is 50.7 Å². The Morgan fingerprint density at radius 1 is 1.05 bits per heavy atom. The van der Waals surface area contributed by atoms with Gasteiger partial charge in [0.15, 0.2) is 11.5 Å². The maximum Gasteiger partial charge on any atom is 0.242 e. The second-order valence-electron chi connectivity index (χ2n) is 9.04. The summed E-state index contributed by atoms with van der Waals surface area (Å²) >= 11 is 12.7. The van der Waals surface area contributed by atoms with Crippen LogP contribution in [0.5, 0.6) is 11.5 Å². The molecular weight excluding hydrogens is 541 g/mol. The second kappa shape index (κ2) is 12.2. The van der Waals surface area contributed by atoms with Crippen LogP contribution in [0.2, 0.25) is 10.0 Å². The molecule has 1 N–H and O–H groups in total. The van der Waals surface area contributed by atoms with E-state index in [-0.39, 0.29) is 50.6 Å². The summed E-state index contributed by atoms with van der Waals surface area (Å²) in [6.07, 6.45) is 1.31. The summed E-state index contributed by atoms with van der Waals surface area (Å²) in [7, 11) is -3.64. The molecule has 0 saturated heterocycles. The molecule has 2 aromatic rings. The van der Waals surface area contributed by atoms with Crippen LogP contribution in [0.4, 0.5) is 5.69 Å². The minimum absolute atomic E-state index is 0.00204. The Morgan fingerprint density at radius 3 is 2.32 bits per heavy atom.